The SMILES string of the molecule is CN(CC1CCC1)C(=O)c1ccc(C#CCN)cc1. The molecule has 2 rings (SSSR count). The van der Waals surface area contributed by atoms with E-state index in [1.54, 1.807) is 0 Å². The molecule has 1 saturated carbocycles. The van der Waals surface area contributed by atoms with Crippen LogP contribution in [0.15, 0.2) is 24.3 Å². The lowest BCUT2D eigenvalue weighted by Crippen LogP contribution is -2.34. The Balaban J connectivity index is 1.98. The summed E-state index contributed by atoms with van der Waals surface area (Å²) in [7, 11) is 1.88. The monoisotopic (exact) mass is 256 g/mol. The molecule has 0 aromatic heterocycles. The molecule has 1 aromatic rings. The van der Waals surface area contributed by atoms with Crippen molar-refractivity contribution in [3.05, 3.63) is 35.4 Å². The van der Waals surface area contributed by atoms with Crippen molar-refractivity contribution in [1.29, 1.82) is 0 Å². The summed E-state index contributed by atoms with van der Waals surface area (Å²) in [6, 6.07) is 7.40. The highest BCUT2D eigenvalue weighted by molar-refractivity contribution is 5.94. The topological polar surface area (TPSA) is 46.3 Å². The first-order valence-electron chi connectivity index (χ1n) is 6.75. The molecule has 0 bridgehead atoms. The van der Waals surface area contributed by atoms with E-state index in [9.17, 15) is 4.79 Å². The van der Waals surface area contributed by atoms with Gasteiger partial charge in [0.2, 0.25) is 0 Å². The van der Waals surface area contributed by atoms with Gasteiger partial charge in [-0.1, -0.05) is 18.3 Å². The van der Waals surface area contributed by atoms with E-state index in [1.807, 2.05) is 36.2 Å². The Bertz CT molecular complexity index is 492. The van der Waals surface area contributed by atoms with Gasteiger partial charge in [0.25, 0.3) is 5.91 Å². The van der Waals surface area contributed by atoms with Crippen LogP contribution < -0.4 is 5.73 Å². The molecule has 0 spiro atoms. The molecule has 0 atom stereocenters. The van der Waals surface area contributed by atoms with Crippen LogP contribution in [-0.4, -0.2) is 30.9 Å². The zero-order valence-corrected chi connectivity index (χ0v) is 11.4. The number of benzene rings is 1. The molecule has 1 fully saturated rings. The molecule has 0 unspecified atom stereocenters. The van der Waals surface area contributed by atoms with Gasteiger partial charge in [-0.25, -0.2) is 0 Å². The molecule has 19 heavy (non-hydrogen) atoms. The second-order valence-corrected chi connectivity index (χ2v) is 5.07. The summed E-state index contributed by atoms with van der Waals surface area (Å²) in [4.78, 5) is 14.0. The Labute approximate surface area is 114 Å². The number of nitrogens with zero attached hydrogens (tertiary/aromatic N) is 1. The molecular formula is C16H20N2O. The Hall–Kier alpha value is -1.79. The third-order valence-electron chi connectivity index (χ3n) is 3.57. The van der Waals surface area contributed by atoms with Crippen LogP contribution in [0.2, 0.25) is 0 Å². The van der Waals surface area contributed by atoms with Crippen LogP contribution in [0.4, 0.5) is 0 Å². The third-order valence-corrected chi connectivity index (χ3v) is 3.57. The minimum Gasteiger partial charge on any atom is -0.341 e. The molecule has 2 N–H and O–H groups in total. The van der Waals surface area contributed by atoms with Gasteiger partial charge in [-0.2, -0.15) is 0 Å². The molecule has 0 heterocycles. The smallest absolute Gasteiger partial charge is 0.253 e. The molecule has 1 amide bonds. The van der Waals surface area contributed by atoms with Crippen molar-refractivity contribution < 1.29 is 4.79 Å². The molecule has 0 saturated heterocycles. The Morgan fingerprint density at radius 3 is 2.58 bits per heavy atom. The lowest BCUT2D eigenvalue weighted by Gasteiger charge is -2.30. The number of hydrogen-bond acceptors (Lipinski definition) is 2. The van der Waals surface area contributed by atoms with Crippen LogP contribution in [0.1, 0.15) is 35.2 Å². The van der Waals surface area contributed by atoms with Crippen LogP contribution in [0.5, 0.6) is 0 Å². The first-order chi connectivity index (χ1) is 9.20. The highest BCUT2D eigenvalue weighted by Gasteiger charge is 2.21. The summed E-state index contributed by atoms with van der Waals surface area (Å²) in [6.07, 6.45) is 3.82. The predicted molar refractivity (Wildman–Crippen MR) is 76.7 cm³/mol. The number of nitrogens with two attached hydrogens (primary N) is 1. The average molecular weight is 256 g/mol. The van der Waals surface area contributed by atoms with Crippen LogP contribution in [0.25, 0.3) is 0 Å². The highest BCUT2D eigenvalue weighted by Crippen LogP contribution is 2.27. The van der Waals surface area contributed by atoms with E-state index in [-0.39, 0.29) is 5.91 Å². The number of carbonyl (C=O) groups is 1. The van der Waals surface area contributed by atoms with Gasteiger partial charge >= 0.3 is 0 Å². The van der Waals surface area contributed by atoms with E-state index in [2.05, 4.69) is 11.8 Å². The summed E-state index contributed by atoms with van der Waals surface area (Å²) in [5.74, 6) is 6.54. The fourth-order valence-electron chi connectivity index (χ4n) is 2.22. The molecule has 0 aliphatic heterocycles. The molecule has 3 heteroatoms. The fourth-order valence-corrected chi connectivity index (χ4v) is 2.22. The van der Waals surface area contributed by atoms with Crippen molar-refractivity contribution in [3.8, 4) is 11.8 Å². The first kappa shape index (κ1) is 13.6. The molecule has 1 aliphatic rings. The standard InChI is InChI=1S/C16H20N2O/c1-18(12-14-4-2-5-14)16(19)15-9-7-13(8-10-15)6-3-11-17/h7-10,14H,2,4-5,11-12,17H2,1H3. The summed E-state index contributed by atoms with van der Waals surface area (Å²) in [5, 5.41) is 0. The highest BCUT2D eigenvalue weighted by atomic mass is 16.2. The summed E-state index contributed by atoms with van der Waals surface area (Å²) in [5.41, 5.74) is 6.94. The number of hydrogen-bond donors (Lipinski definition) is 1. The Morgan fingerprint density at radius 2 is 2.05 bits per heavy atom. The zero-order chi connectivity index (χ0) is 13.7. The van der Waals surface area contributed by atoms with E-state index in [0.29, 0.717) is 12.5 Å². The first-order valence-corrected chi connectivity index (χ1v) is 6.75. The van der Waals surface area contributed by atoms with Gasteiger partial charge in [0.05, 0.1) is 6.54 Å². The van der Waals surface area contributed by atoms with E-state index < -0.39 is 0 Å². The van der Waals surface area contributed by atoms with Crippen molar-refractivity contribution in [2.45, 2.75) is 19.3 Å². The number of amides is 1. The van der Waals surface area contributed by atoms with Gasteiger partial charge in [0, 0.05) is 24.7 Å². The minimum atomic E-state index is 0.0882. The summed E-state index contributed by atoms with van der Waals surface area (Å²) in [6.45, 7) is 1.22. The zero-order valence-electron chi connectivity index (χ0n) is 11.4. The van der Waals surface area contributed by atoms with Gasteiger partial charge in [-0.3, -0.25) is 4.79 Å². The van der Waals surface area contributed by atoms with Crippen molar-refractivity contribution in [2.75, 3.05) is 20.1 Å². The maximum atomic E-state index is 12.2. The molecule has 1 aromatic carbocycles. The predicted octanol–water partition coefficient (Wildman–Crippen LogP) is 1.87. The molecule has 100 valence electrons. The summed E-state index contributed by atoms with van der Waals surface area (Å²) >= 11 is 0. The van der Waals surface area contributed by atoms with Crippen LogP contribution in [-0.2, 0) is 0 Å². The van der Waals surface area contributed by atoms with Crippen molar-refractivity contribution in [3.63, 3.8) is 0 Å². The van der Waals surface area contributed by atoms with Gasteiger partial charge in [0.1, 0.15) is 0 Å². The van der Waals surface area contributed by atoms with Crippen LogP contribution >= 0.6 is 0 Å². The fraction of sp³-hybridized carbons (Fsp3) is 0.438. The van der Waals surface area contributed by atoms with Crippen molar-refractivity contribution >= 4 is 5.91 Å². The van der Waals surface area contributed by atoms with Gasteiger partial charge < -0.3 is 10.6 Å². The molecular weight excluding hydrogens is 236 g/mol. The maximum Gasteiger partial charge on any atom is 0.253 e. The third kappa shape index (κ3) is 3.59. The molecule has 3 nitrogen and oxygen atoms in total. The largest absolute Gasteiger partial charge is 0.341 e. The summed E-state index contributed by atoms with van der Waals surface area (Å²) < 4.78 is 0. The number of rotatable bonds is 3. The van der Waals surface area contributed by atoms with Gasteiger partial charge in [-0.05, 0) is 43.0 Å². The average Bonchev–Trinajstić information content (AvgIpc) is 2.40. The van der Waals surface area contributed by atoms with Gasteiger partial charge in [-0.15, -0.1) is 0 Å². The number of carbonyl (C=O) groups excluding carboxylic acids is 1. The molecule has 0 radical (unpaired) electrons. The normalized spacial score (nSPS) is 14.2. The van der Waals surface area contributed by atoms with Gasteiger partial charge in [0.15, 0.2) is 0 Å². The van der Waals surface area contributed by atoms with Crippen LogP contribution in [0, 0.1) is 17.8 Å². The van der Waals surface area contributed by atoms with Crippen molar-refractivity contribution in [2.24, 2.45) is 11.7 Å². The van der Waals surface area contributed by atoms with E-state index >= 15 is 0 Å². The Morgan fingerprint density at radius 1 is 1.37 bits per heavy atom. The van der Waals surface area contributed by atoms with Crippen LogP contribution in [0.3, 0.4) is 0 Å². The van der Waals surface area contributed by atoms with Crippen molar-refractivity contribution in [1.82, 2.24) is 4.90 Å². The van der Waals surface area contributed by atoms with E-state index in [4.69, 9.17) is 5.73 Å². The maximum absolute atomic E-state index is 12.2. The second-order valence-electron chi connectivity index (χ2n) is 5.07. The second kappa shape index (κ2) is 6.40. The molecule has 1 aliphatic carbocycles. The lowest BCUT2D eigenvalue weighted by molar-refractivity contribution is 0.0745. The lowest BCUT2D eigenvalue weighted by atomic mass is 9.85. The minimum absolute atomic E-state index is 0.0882. The van der Waals surface area contributed by atoms with E-state index in [1.165, 1.54) is 19.3 Å². The van der Waals surface area contributed by atoms with E-state index in [0.717, 1.165) is 17.7 Å². The quantitative estimate of drug-likeness (QED) is 0.839. The Kier molecular flexibility index (Phi) is 4.59.